The molecule has 1 aliphatic rings. The first-order valence-electron chi connectivity index (χ1n) is 12.9. The van der Waals surface area contributed by atoms with Gasteiger partial charge in [-0.25, -0.2) is 9.37 Å². The molecule has 1 aliphatic heterocycles. The zero-order chi connectivity index (χ0) is 27.9. The minimum absolute atomic E-state index is 0.0126. The lowest BCUT2D eigenvalue weighted by molar-refractivity contribution is 0.148. The van der Waals surface area contributed by atoms with Crippen molar-refractivity contribution in [2.24, 2.45) is 0 Å². The second-order valence-corrected chi connectivity index (χ2v) is 10.0. The summed E-state index contributed by atoms with van der Waals surface area (Å²) >= 11 is 6.38. The van der Waals surface area contributed by atoms with Crippen molar-refractivity contribution in [1.82, 2.24) is 19.8 Å². The maximum absolute atomic E-state index is 14.0. The molecule has 40 heavy (non-hydrogen) atoms. The number of ether oxygens (including phenoxy) is 1. The van der Waals surface area contributed by atoms with Crippen LogP contribution < -0.4 is 15.4 Å². The molecule has 0 bridgehead atoms. The number of nitrogens with one attached hydrogen (secondary N) is 2. The minimum Gasteiger partial charge on any atom is -0.487 e. The molecule has 4 aromatic rings. The van der Waals surface area contributed by atoms with Crippen LogP contribution in [0.5, 0.6) is 5.75 Å². The van der Waals surface area contributed by atoms with Crippen LogP contribution in [0.2, 0.25) is 5.02 Å². The number of anilines is 4. The predicted octanol–water partition coefficient (Wildman–Crippen LogP) is 5.95. The highest BCUT2D eigenvalue weighted by Gasteiger charge is 2.14. The van der Waals surface area contributed by atoms with E-state index < -0.39 is 0 Å². The quantitative estimate of drug-likeness (QED) is 0.261. The largest absolute Gasteiger partial charge is 0.487 e. The standard InChI is InChI=1S/C30H29ClFN7O/c1-38-12-14-39(15-13-38)19-21-6-9-24(10-7-21)36-30-34-18-26(31)29(37-30)35-25-11-8-22(17-33)28(16-25)40-20-23-4-2-3-5-27(23)32/h2-11,16,18H,12-15,19-20H2,1H3,(H2,34,35,36,37). The molecule has 0 spiro atoms. The monoisotopic (exact) mass is 557 g/mol. The molecular weight excluding hydrogens is 529 g/mol. The summed E-state index contributed by atoms with van der Waals surface area (Å²) < 4.78 is 19.8. The Bertz CT molecular complexity index is 1500. The number of nitrogens with zero attached hydrogens (tertiary/aromatic N) is 5. The van der Waals surface area contributed by atoms with Crippen molar-refractivity contribution in [2.75, 3.05) is 43.9 Å². The summed E-state index contributed by atoms with van der Waals surface area (Å²) in [4.78, 5) is 13.6. The molecule has 0 amide bonds. The number of likely N-dealkylation sites (N-methyl/N-ethyl adjacent to an activating group) is 1. The molecule has 0 aliphatic carbocycles. The summed E-state index contributed by atoms with van der Waals surface area (Å²) in [5.74, 6) is 0.711. The van der Waals surface area contributed by atoms with Crippen LogP contribution in [0.25, 0.3) is 0 Å². The van der Waals surface area contributed by atoms with Crippen molar-refractivity contribution >= 4 is 34.7 Å². The van der Waals surface area contributed by atoms with E-state index in [2.05, 4.69) is 55.7 Å². The van der Waals surface area contributed by atoms with Crippen LogP contribution >= 0.6 is 11.6 Å². The molecule has 5 rings (SSSR count). The van der Waals surface area contributed by atoms with Crippen LogP contribution in [0.3, 0.4) is 0 Å². The van der Waals surface area contributed by atoms with Crippen LogP contribution in [0.4, 0.5) is 27.5 Å². The SMILES string of the molecule is CN1CCN(Cc2ccc(Nc3ncc(Cl)c(Nc4ccc(C#N)c(OCc5ccccc5F)c4)n3)cc2)CC1. The summed E-state index contributed by atoms with van der Waals surface area (Å²) in [7, 11) is 2.16. The Morgan fingerprint density at radius 3 is 2.50 bits per heavy atom. The lowest BCUT2D eigenvalue weighted by Gasteiger charge is -2.32. The normalized spacial score (nSPS) is 13.9. The van der Waals surface area contributed by atoms with Crippen molar-refractivity contribution in [3.63, 3.8) is 0 Å². The highest BCUT2D eigenvalue weighted by molar-refractivity contribution is 6.32. The van der Waals surface area contributed by atoms with E-state index in [-0.39, 0.29) is 12.4 Å². The zero-order valence-corrected chi connectivity index (χ0v) is 22.8. The summed E-state index contributed by atoms with van der Waals surface area (Å²) in [6.07, 6.45) is 1.51. The van der Waals surface area contributed by atoms with E-state index >= 15 is 0 Å². The molecule has 2 heterocycles. The average Bonchev–Trinajstić information content (AvgIpc) is 2.97. The number of aromatic nitrogens is 2. The van der Waals surface area contributed by atoms with Gasteiger partial charge >= 0.3 is 0 Å². The van der Waals surface area contributed by atoms with Gasteiger partial charge in [0.05, 0.1) is 11.8 Å². The van der Waals surface area contributed by atoms with Gasteiger partial charge < -0.3 is 20.3 Å². The van der Waals surface area contributed by atoms with Gasteiger partial charge in [-0.15, -0.1) is 0 Å². The molecule has 204 valence electrons. The molecule has 0 unspecified atom stereocenters. The Balaban J connectivity index is 1.25. The van der Waals surface area contributed by atoms with Gasteiger partial charge in [-0.05, 0) is 42.9 Å². The van der Waals surface area contributed by atoms with Crippen LogP contribution in [-0.4, -0.2) is 53.0 Å². The molecule has 1 saturated heterocycles. The van der Waals surface area contributed by atoms with Crippen molar-refractivity contribution in [3.8, 4) is 11.8 Å². The maximum Gasteiger partial charge on any atom is 0.229 e. The van der Waals surface area contributed by atoms with E-state index in [0.717, 1.165) is 38.4 Å². The molecule has 0 saturated carbocycles. The summed E-state index contributed by atoms with van der Waals surface area (Å²) in [6, 6.07) is 21.7. The van der Waals surface area contributed by atoms with Crippen LogP contribution in [0, 0.1) is 17.1 Å². The van der Waals surface area contributed by atoms with E-state index in [1.807, 2.05) is 12.1 Å². The zero-order valence-electron chi connectivity index (χ0n) is 22.1. The molecule has 0 atom stereocenters. The minimum atomic E-state index is -0.368. The fourth-order valence-corrected chi connectivity index (χ4v) is 4.46. The summed E-state index contributed by atoms with van der Waals surface area (Å²) in [5.41, 5.74) is 3.43. The molecule has 8 nitrogen and oxygen atoms in total. The first-order valence-corrected chi connectivity index (χ1v) is 13.3. The van der Waals surface area contributed by atoms with Crippen LogP contribution in [0.1, 0.15) is 16.7 Å². The van der Waals surface area contributed by atoms with E-state index in [1.165, 1.54) is 17.8 Å². The number of piperazine rings is 1. The van der Waals surface area contributed by atoms with E-state index in [1.54, 1.807) is 36.4 Å². The molecule has 10 heteroatoms. The molecule has 2 N–H and O–H groups in total. The molecule has 3 aromatic carbocycles. The third kappa shape index (κ3) is 7.04. The Labute approximate surface area is 238 Å². The van der Waals surface area contributed by atoms with Crippen LogP contribution in [-0.2, 0) is 13.2 Å². The fourth-order valence-electron chi connectivity index (χ4n) is 4.32. The van der Waals surface area contributed by atoms with Gasteiger partial charge in [-0.3, -0.25) is 4.90 Å². The number of nitriles is 1. The average molecular weight is 558 g/mol. The van der Waals surface area contributed by atoms with E-state index in [9.17, 15) is 9.65 Å². The van der Waals surface area contributed by atoms with E-state index in [4.69, 9.17) is 16.3 Å². The van der Waals surface area contributed by atoms with Gasteiger partial charge in [0.15, 0.2) is 5.82 Å². The Hall–Kier alpha value is -4.23. The third-order valence-electron chi connectivity index (χ3n) is 6.66. The maximum atomic E-state index is 14.0. The van der Waals surface area contributed by atoms with Gasteiger partial charge in [0.25, 0.3) is 0 Å². The molecule has 1 fully saturated rings. The second kappa shape index (κ2) is 12.7. The predicted molar refractivity (Wildman–Crippen MR) is 155 cm³/mol. The lowest BCUT2D eigenvalue weighted by Crippen LogP contribution is -2.43. The highest BCUT2D eigenvalue weighted by Crippen LogP contribution is 2.29. The number of hydrogen-bond donors (Lipinski definition) is 2. The summed E-state index contributed by atoms with van der Waals surface area (Å²) in [6.45, 7) is 5.24. The number of rotatable bonds is 9. The molecular formula is C30H29ClFN7O. The fraction of sp³-hybridized carbons (Fsp3) is 0.233. The molecule has 0 radical (unpaired) electrons. The van der Waals surface area contributed by atoms with E-state index in [0.29, 0.717) is 39.4 Å². The van der Waals surface area contributed by atoms with Gasteiger partial charge in [0.1, 0.15) is 29.3 Å². The highest BCUT2D eigenvalue weighted by atomic mass is 35.5. The van der Waals surface area contributed by atoms with Gasteiger partial charge in [-0.1, -0.05) is 41.9 Å². The number of hydrogen-bond acceptors (Lipinski definition) is 8. The van der Waals surface area contributed by atoms with Crippen molar-refractivity contribution < 1.29 is 9.13 Å². The smallest absolute Gasteiger partial charge is 0.229 e. The van der Waals surface area contributed by atoms with Crippen molar-refractivity contribution in [2.45, 2.75) is 13.2 Å². The summed E-state index contributed by atoms with van der Waals surface area (Å²) in [5, 5.41) is 16.2. The Morgan fingerprint density at radius 1 is 1.00 bits per heavy atom. The van der Waals surface area contributed by atoms with Crippen LogP contribution in [0.15, 0.2) is 72.9 Å². The topological polar surface area (TPSA) is 89.3 Å². The van der Waals surface area contributed by atoms with Gasteiger partial charge in [0, 0.05) is 55.7 Å². The first-order chi connectivity index (χ1) is 19.5. The van der Waals surface area contributed by atoms with Gasteiger partial charge in [-0.2, -0.15) is 10.2 Å². The third-order valence-corrected chi connectivity index (χ3v) is 6.94. The van der Waals surface area contributed by atoms with Crippen molar-refractivity contribution in [3.05, 3.63) is 100 Å². The van der Waals surface area contributed by atoms with Crippen molar-refractivity contribution in [1.29, 1.82) is 5.26 Å². The first kappa shape index (κ1) is 27.3. The second-order valence-electron chi connectivity index (χ2n) is 9.62. The number of benzene rings is 3. The Kier molecular flexibility index (Phi) is 8.71. The molecule has 1 aromatic heterocycles. The van der Waals surface area contributed by atoms with Gasteiger partial charge in [0.2, 0.25) is 5.95 Å². The lowest BCUT2D eigenvalue weighted by atomic mass is 10.2. The Morgan fingerprint density at radius 2 is 1.75 bits per heavy atom. The number of halogens is 2.